The first-order valence-corrected chi connectivity index (χ1v) is 9.96. The molecular formula is C18H36N2O2S. The van der Waals surface area contributed by atoms with Crippen LogP contribution in [0.5, 0.6) is 0 Å². The first kappa shape index (κ1) is 20.6. The molecular weight excluding hydrogens is 308 g/mol. The topological polar surface area (TPSA) is 50.4 Å². The zero-order chi connectivity index (χ0) is 17.7. The number of amides is 1. The van der Waals surface area contributed by atoms with Crippen LogP contribution in [0.1, 0.15) is 61.3 Å². The van der Waals surface area contributed by atoms with E-state index in [2.05, 4.69) is 38.3 Å². The lowest BCUT2D eigenvalue weighted by molar-refractivity contribution is 0.0518. The van der Waals surface area contributed by atoms with Gasteiger partial charge in [0.05, 0.1) is 0 Å². The van der Waals surface area contributed by atoms with Crippen molar-refractivity contribution in [1.29, 1.82) is 0 Å². The van der Waals surface area contributed by atoms with Crippen LogP contribution in [0.15, 0.2) is 0 Å². The van der Waals surface area contributed by atoms with Crippen molar-refractivity contribution in [3.63, 3.8) is 0 Å². The van der Waals surface area contributed by atoms with Gasteiger partial charge in [-0.15, -0.1) is 0 Å². The third-order valence-corrected chi connectivity index (χ3v) is 5.26. The predicted octanol–water partition coefficient (Wildman–Crippen LogP) is 4.05. The van der Waals surface area contributed by atoms with Crippen LogP contribution in [0, 0.1) is 11.3 Å². The highest BCUT2D eigenvalue weighted by Gasteiger charge is 2.34. The van der Waals surface area contributed by atoms with E-state index in [9.17, 15) is 4.79 Å². The van der Waals surface area contributed by atoms with Crippen LogP contribution in [0.3, 0.4) is 0 Å². The van der Waals surface area contributed by atoms with E-state index in [1.807, 2.05) is 32.5 Å². The molecule has 1 heterocycles. The van der Waals surface area contributed by atoms with Crippen LogP contribution in [0.2, 0.25) is 0 Å². The summed E-state index contributed by atoms with van der Waals surface area (Å²) in [6.45, 7) is 15.4. The third-order valence-electron chi connectivity index (χ3n) is 4.20. The fourth-order valence-electron chi connectivity index (χ4n) is 2.79. The second-order valence-electron chi connectivity index (χ2n) is 8.74. The summed E-state index contributed by atoms with van der Waals surface area (Å²) in [6, 6.07) is 0.774. The van der Waals surface area contributed by atoms with Gasteiger partial charge >= 0.3 is 6.09 Å². The first-order valence-electron chi connectivity index (χ1n) is 8.80. The van der Waals surface area contributed by atoms with Crippen molar-refractivity contribution in [1.82, 2.24) is 10.6 Å². The van der Waals surface area contributed by atoms with Gasteiger partial charge < -0.3 is 15.4 Å². The van der Waals surface area contributed by atoms with E-state index < -0.39 is 5.60 Å². The Kier molecular flexibility index (Phi) is 7.72. The molecule has 1 aliphatic rings. The number of hydrogen-bond donors (Lipinski definition) is 2. The molecule has 1 saturated heterocycles. The summed E-state index contributed by atoms with van der Waals surface area (Å²) in [7, 11) is 0. The summed E-state index contributed by atoms with van der Waals surface area (Å²) >= 11 is 2.02. The molecule has 1 rings (SSSR count). The third kappa shape index (κ3) is 8.30. The van der Waals surface area contributed by atoms with Gasteiger partial charge in [0.25, 0.3) is 0 Å². The first-order chi connectivity index (χ1) is 10.5. The predicted molar refractivity (Wildman–Crippen MR) is 100 cm³/mol. The summed E-state index contributed by atoms with van der Waals surface area (Å²) in [6.07, 6.45) is 1.96. The highest BCUT2D eigenvalue weighted by molar-refractivity contribution is 7.99. The molecule has 136 valence electrons. The van der Waals surface area contributed by atoms with Gasteiger partial charge in [-0.2, -0.15) is 11.8 Å². The fraction of sp³-hybridized carbons (Fsp3) is 0.944. The summed E-state index contributed by atoms with van der Waals surface area (Å²) in [4.78, 5) is 11.9. The van der Waals surface area contributed by atoms with Crippen molar-refractivity contribution in [2.45, 2.75) is 79.0 Å². The molecule has 0 saturated carbocycles. The van der Waals surface area contributed by atoms with E-state index >= 15 is 0 Å². The Labute approximate surface area is 146 Å². The minimum Gasteiger partial charge on any atom is -0.444 e. The van der Waals surface area contributed by atoms with Crippen LogP contribution >= 0.6 is 11.8 Å². The molecule has 5 heteroatoms. The highest BCUT2D eigenvalue weighted by atomic mass is 32.2. The maximum atomic E-state index is 11.9. The van der Waals surface area contributed by atoms with E-state index in [0.717, 1.165) is 12.2 Å². The van der Waals surface area contributed by atoms with E-state index in [0.29, 0.717) is 23.9 Å². The summed E-state index contributed by atoms with van der Waals surface area (Å²) in [5.41, 5.74) is -0.139. The van der Waals surface area contributed by atoms with E-state index in [1.165, 1.54) is 12.2 Å². The second-order valence-corrected chi connectivity index (χ2v) is 9.89. The number of carbonyl (C=O) groups is 1. The maximum absolute atomic E-state index is 11.9. The number of carbonyl (C=O) groups excluding carboxylic acids is 1. The van der Waals surface area contributed by atoms with Gasteiger partial charge in [0.15, 0.2) is 0 Å². The molecule has 0 aliphatic carbocycles. The van der Waals surface area contributed by atoms with Gasteiger partial charge in [-0.05, 0) is 50.7 Å². The minimum absolute atomic E-state index is 0.283. The number of nitrogens with one attached hydrogen (secondary N) is 2. The molecule has 2 atom stereocenters. The van der Waals surface area contributed by atoms with E-state index in [1.54, 1.807) is 0 Å². The van der Waals surface area contributed by atoms with Crippen molar-refractivity contribution in [3.05, 3.63) is 0 Å². The Bertz CT molecular complexity index is 378. The number of thioether (sulfide) groups is 1. The molecule has 0 aromatic rings. The molecule has 0 aromatic carbocycles. The number of rotatable bonds is 6. The summed E-state index contributed by atoms with van der Waals surface area (Å²) in [5.74, 6) is 2.98. The van der Waals surface area contributed by atoms with Crippen molar-refractivity contribution in [2.24, 2.45) is 11.3 Å². The van der Waals surface area contributed by atoms with Crippen molar-refractivity contribution in [3.8, 4) is 0 Å². The number of hydrogen-bond acceptors (Lipinski definition) is 4. The van der Waals surface area contributed by atoms with Gasteiger partial charge in [0.1, 0.15) is 5.60 Å². The molecule has 2 N–H and O–H groups in total. The Morgan fingerprint density at radius 3 is 2.52 bits per heavy atom. The largest absolute Gasteiger partial charge is 0.444 e. The van der Waals surface area contributed by atoms with Gasteiger partial charge in [0.2, 0.25) is 0 Å². The Morgan fingerprint density at radius 2 is 2.00 bits per heavy atom. The standard InChI is InChI=1S/C18H36N2O2S/c1-13(2)10-14(11-19-16(21)22-17(3,4)5)20-15-12-23-9-8-18(15,6)7/h13-15,20H,8-12H2,1-7H3,(H,19,21). The van der Waals surface area contributed by atoms with Gasteiger partial charge in [-0.25, -0.2) is 4.79 Å². The molecule has 1 aliphatic heterocycles. The highest BCUT2D eigenvalue weighted by Crippen LogP contribution is 2.34. The van der Waals surface area contributed by atoms with Crippen LogP contribution in [0.25, 0.3) is 0 Å². The Balaban J connectivity index is 2.57. The molecule has 4 nitrogen and oxygen atoms in total. The van der Waals surface area contributed by atoms with Gasteiger partial charge in [-0.1, -0.05) is 27.7 Å². The summed E-state index contributed by atoms with van der Waals surface area (Å²) in [5, 5.41) is 6.74. The molecule has 0 bridgehead atoms. The second kappa shape index (κ2) is 8.61. The Morgan fingerprint density at radius 1 is 1.35 bits per heavy atom. The lowest BCUT2D eigenvalue weighted by Crippen LogP contribution is -2.54. The molecule has 0 aromatic heterocycles. The number of alkyl carbamates (subject to hydrolysis) is 1. The molecule has 0 spiro atoms. The molecule has 0 radical (unpaired) electrons. The lowest BCUT2D eigenvalue weighted by Gasteiger charge is -2.41. The van der Waals surface area contributed by atoms with E-state index in [-0.39, 0.29) is 12.1 Å². The SMILES string of the molecule is CC(C)CC(CNC(=O)OC(C)(C)C)NC1CSCCC1(C)C. The normalized spacial score (nSPS) is 22.7. The minimum atomic E-state index is -0.451. The molecule has 2 unspecified atom stereocenters. The number of ether oxygens (including phenoxy) is 1. The molecule has 1 amide bonds. The zero-order valence-electron chi connectivity index (χ0n) is 16.0. The van der Waals surface area contributed by atoms with Crippen LogP contribution in [-0.2, 0) is 4.74 Å². The molecule has 23 heavy (non-hydrogen) atoms. The summed E-state index contributed by atoms with van der Waals surface area (Å²) < 4.78 is 5.34. The van der Waals surface area contributed by atoms with Crippen molar-refractivity contribution in [2.75, 3.05) is 18.1 Å². The Hall–Kier alpha value is -0.420. The maximum Gasteiger partial charge on any atom is 0.407 e. The van der Waals surface area contributed by atoms with Crippen LogP contribution < -0.4 is 10.6 Å². The average molecular weight is 345 g/mol. The quantitative estimate of drug-likeness (QED) is 0.763. The van der Waals surface area contributed by atoms with Gasteiger partial charge in [-0.3, -0.25) is 0 Å². The average Bonchev–Trinajstić information content (AvgIpc) is 2.35. The lowest BCUT2D eigenvalue weighted by atomic mass is 9.81. The zero-order valence-corrected chi connectivity index (χ0v) is 16.8. The smallest absolute Gasteiger partial charge is 0.407 e. The van der Waals surface area contributed by atoms with Gasteiger partial charge in [0, 0.05) is 24.4 Å². The van der Waals surface area contributed by atoms with Crippen molar-refractivity contribution >= 4 is 17.9 Å². The monoisotopic (exact) mass is 344 g/mol. The van der Waals surface area contributed by atoms with Crippen LogP contribution in [-0.4, -0.2) is 41.8 Å². The molecule has 1 fully saturated rings. The van der Waals surface area contributed by atoms with Crippen LogP contribution in [0.4, 0.5) is 4.79 Å². The van der Waals surface area contributed by atoms with Crippen molar-refractivity contribution < 1.29 is 9.53 Å². The van der Waals surface area contributed by atoms with E-state index in [4.69, 9.17) is 4.74 Å². The fourth-order valence-corrected chi connectivity index (χ4v) is 4.41.